The third-order valence-electron chi connectivity index (χ3n) is 3.15. The van der Waals surface area contributed by atoms with Crippen molar-refractivity contribution >= 4 is 16.9 Å². The Kier molecular flexibility index (Phi) is 4.18. The molecule has 0 amide bonds. The Morgan fingerprint density at radius 1 is 1.26 bits per heavy atom. The molecule has 7 nitrogen and oxygen atoms in total. The molecule has 0 unspecified atom stereocenters. The van der Waals surface area contributed by atoms with E-state index >= 15 is 0 Å². The van der Waals surface area contributed by atoms with E-state index in [0.29, 0.717) is 18.0 Å². The average Bonchev–Trinajstić information content (AvgIpc) is 3.02. The van der Waals surface area contributed by atoms with Crippen molar-refractivity contribution in [2.45, 2.75) is 13.2 Å². The summed E-state index contributed by atoms with van der Waals surface area (Å²) in [6.07, 6.45) is 3.04. The number of hydrogen-bond acceptors (Lipinski definition) is 6. The van der Waals surface area contributed by atoms with Gasteiger partial charge in [-0.25, -0.2) is 9.97 Å². The Bertz CT molecular complexity index is 809. The number of nitrogens with zero attached hydrogens (tertiary/aromatic N) is 3. The molecule has 0 saturated carbocycles. The maximum Gasteiger partial charge on any atom is 0.387 e. The van der Waals surface area contributed by atoms with Crippen LogP contribution >= 0.6 is 0 Å². The first-order valence-electron chi connectivity index (χ1n) is 6.67. The molecule has 2 N–H and O–H groups in total. The van der Waals surface area contributed by atoms with E-state index in [1.54, 1.807) is 18.3 Å². The van der Waals surface area contributed by atoms with E-state index in [0.717, 1.165) is 10.9 Å². The third-order valence-corrected chi connectivity index (χ3v) is 3.15. The quantitative estimate of drug-likeness (QED) is 0.726. The van der Waals surface area contributed by atoms with Crippen molar-refractivity contribution in [1.29, 1.82) is 0 Å². The van der Waals surface area contributed by atoms with E-state index in [4.69, 9.17) is 4.74 Å². The molecule has 9 heteroatoms. The molecule has 0 saturated heterocycles. The van der Waals surface area contributed by atoms with Crippen LogP contribution in [-0.2, 0) is 6.54 Å². The number of aromatic nitrogens is 4. The second-order valence-electron chi connectivity index (χ2n) is 4.57. The predicted octanol–water partition coefficient (Wildman–Crippen LogP) is 2.58. The number of anilines is 1. The first kappa shape index (κ1) is 14.9. The van der Waals surface area contributed by atoms with Gasteiger partial charge in [0.15, 0.2) is 17.1 Å². The van der Waals surface area contributed by atoms with Crippen molar-refractivity contribution in [3.05, 3.63) is 36.3 Å². The van der Waals surface area contributed by atoms with E-state index in [2.05, 4.69) is 30.2 Å². The lowest BCUT2D eigenvalue weighted by Gasteiger charge is -2.12. The van der Waals surface area contributed by atoms with Gasteiger partial charge in [-0.15, -0.1) is 0 Å². The summed E-state index contributed by atoms with van der Waals surface area (Å²) in [5.41, 5.74) is 1.44. The number of nitrogens with one attached hydrogen (secondary N) is 2. The van der Waals surface area contributed by atoms with Crippen LogP contribution in [0.4, 0.5) is 14.6 Å². The normalized spacial score (nSPS) is 11.0. The highest BCUT2D eigenvalue weighted by Gasteiger charge is 2.11. The van der Waals surface area contributed by atoms with E-state index in [9.17, 15) is 8.78 Å². The fourth-order valence-corrected chi connectivity index (χ4v) is 2.11. The van der Waals surface area contributed by atoms with E-state index in [1.165, 1.54) is 19.5 Å². The molecule has 120 valence electrons. The molecule has 0 atom stereocenters. The van der Waals surface area contributed by atoms with Crippen LogP contribution in [0.15, 0.2) is 30.7 Å². The summed E-state index contributed by atoms with van der Waals surface area (Å²) in [6, 6.07) is 4.73. The third kappa shape index (κ3) is 3.28. The van der Waals surface area contributed by atoms with Gasteiger partial charge in [0.2, 0.25) is 0 Å². The lowest BCUT2D eigenvalue weighted by molar-refractivity contribution is -0.0512. The van der Waals surface area contributed by atoms with Crippen LogP contribution in [0.2, 0.25) is 0 Å². The number of alkyl halides is 2. The molecule has 23 heavy (non-hydrogen) atoms. The molecule has 0 radical (unpaired) electrons. The maximum atomic E-state index is 12.3. The summed E-state index contributed by atoms with van der Waals surface area (Å²) >= 11 is 0. The van der Waals surface area contributed by atoms with Gasteiger partial charge in [0.25, 0.3) is 0 Å². The van der Waals surface area contributed by atoms with Crippen molar-refractivity contribution in [3.8, 4) is 11.5 Å². The van der Waals surface area contributed by atoms with Crippen LogP contribution < -0.4 is 14.8 Å². The Labute approximate surface area is 129 Å². The second kappa shape index (κ2) is 6.42. The summed E-state index contributed by atoms with van der Waals surface area (Å²) < 4.78 is 34.1. The molecule has 3 rings (SSSR count). The van der Waals surface area contributed by atoms with E-state index < -0.39 is 6.61 Å². The molecule has 2 aromatic heterocycles. The number of aromatic amines is 1. The number of fused-ring (bicyclic) bond motifs is 1. The summed E-state index contributed by atoms with van der Waals surface area (Å²) in [6.45, 7) is -2.48. The minimum atomic E-state index is -2.90. The van der Waals surface area contributed by atoms with Gasteiger partial charge in [0.1, 0.15) is 12.1 Å². The van der Waals surface area contributed by atoms with Gasteiger partial charge in [-0.2, -0.15) is 13.9 Å². The predicted molar refractivity (Wildman–Crippen MR) is 78.6 cm³/mol. The van der Waals surface area contributed by atoms with Gasteiger partial charge >= 0.3 is 6.61 Å². The lowest BCUT2D eigenvalue weighted by Crippen LogP contribution is -2.05. The fraction of sp³-hybridized carbons (Fsp3) is 0.214. The minimum Gasteiger partial charge on any atom is -0.493 e. The number of H-pyrrole nitrogens is 1. The highest BCUT2D eigenvalue weighted by atomic mass is 19.3. The largest absolute Gasteiger partial charge is 0.493 e. The highest BCUT2D eigenvalue weighted by Crippen LogP contribution is 2.29. The van der Waals surface area contributed by atoms with Crippen LogP contribution in [-0.4, -0.2) is 33.9 Å². The topological polar surface area (TPSA) is 85.0 Å². The maximum absolute atomic E-state index is 12.3. The van der Waals surface area contributed by atoms with Gasteiger partial charge in [-0.05, 0) is 17.7 Å². The van der Waals surface area contributed by atoms with Crippen molar-refractivity contribution < 1.29 is 18.3 Å². The van der Waals surface area contributed by atoms with Crippen molar-refractivity contribution in [2.24, 2.45) is 0 Å². The van der Waals surface area contributed by atoms with Crippen molar-refractivity contribution in [3.63, 3.8) is 0 Å². The smallest absolute Gasteiger partial charge is 0.387 e. The number of methoxy groups -OCH3 is 1. The standard InChI is InChI=1S/C14H13F2N5O2/c1-22-11-4-8(2-3-10(11)23-14(15)16)5-17-12-9-6-20-21-13(9)19-7-18-12/h2-4,6-7,14H,5H2,1H3,(H2,17,18,19,20,21). The average molecular weight is 321 g/mol. The summed E-state index contributed by atoms with van der Waals surface area (Å²) in [7, 11) is 1.39. The molecule has 0 bridgehead atoms. The van der Waals surface area contributed by atoms with E-state index in [1.807, 2.05) is 0 Å². The summed E-state index contributed by atoms with van der Waals surface area (Å²) in [5.74, 6) is 0.849. The molecule has 0 spiro atoms. The van der Waals surface area contributed by atoms with Gasteiger partial charge in [0.05, 0.1) is 18.7 Å². The van der Waals surface area contributed by atoms with Crippen molar-refractivity contribution in [2.75, 3.05) is 12.4 Å². The highest BCUT2D eigenvalue weighted by molar-refractivity contribution is 5.85. The second-order valence-corrected chi connectivity index (χ2v) is 4.57. The van der Waals surface area contributed by atoms with E-state index in [-0.39, 0.29) is 11.5 Å². The number of ether oxygens (including phenoxy) is 2. The SMILES string of the molecule is COc1cc(CNc2ncnc3[nH]ncc23)ccc1OC(F)F. The van der Waals surface area contributed by atoms with Crippen molar-refractivity contribution in [1.82, 2.24) is 20.2 Å². The molecule has 1 aromatic carbocycles. The molecule has 3 aromatic rings. The molecular formula is C14H13F2N5O2. The molecular weight excluding hydrogens is 308 g/mol. The Morgan fingerprint density at radius 2 is 2.13 bits per heavy atom. The molecule has 0 aliphatic heterocycles. The fourth-order valence-electron chi connectivity index (χ4n) is 2.11. The molecule has 0 aliphatic rings. The summed E-state index contributed by atoms with van der Waals surface area (Å²) in [5, 5.41) is 10.6. The Hall–Kier alpha value is -2.97. The Morgan fingerprint density at radius 3 is 2.91 bits per heavy atom. The Balaban J connectivity index is 1.76. The first-order chi connectivity index (χ1) is 11.2. The van der Waals surface area contributed by atoms with Crippen LogP contribution in [0.3, 0.4) is 0 Å². The summed E-state index contributed by atoms with van der Waals surface area (Å²) in [4.78, 5) is 8.20. The first-order valence-corrected chi connectivity index (χ1v) is 6.67. The number of halogens is 2. The van der Waals surface area contributed by atoms with Gasteiger partial charge in [-0.1, -0.05) is 6.07 Å². The number of benzene rings is 1. The zero-order valence-corrected chi connectivity index (χ0v) is 12.1. The molecule has 0 aliphatic carbocycles. The van der Waals surface area contributed by atoms with Gasteiger partial charge in [0, 0.05) is 6.54 Å². The molecule has 0 fully saturated rings. The van der Waals surface area contributed by atoms with Crippen LogP contribution in [0.1, 0.15) is 5.56 Å². The monoisotopic (exact) mass is 321 g/mol. The zero-order valence-electron chi connectivity index (χ0n) is 12.1. The lowest BCUT2D eigenvalue weighted by atomic mass is 10.2. The van der Waals surface area contributed by atoms with Gasteiger partial charge in [-0.3, -0.25) is 5.10 Å². The van der Waals surface area contributed by atoms with Gasteiger partial charge < -0.3 is 14.8 Å². The van der Waals surface area contributed by atoms with Crippen LogP contribution in [0, 0.1) is 0 Å². The molecule has 2 heterocycles. The minimum absolute atomic E-state index is 0.00879. The number of hydrogen-bond donors (Lipinski definition) is 2. The zero-order chi connectivity index (χ0) is 16.2. The van der Waals surface area contributed by atoms with Crippen LogP contribution in [0.5, 0.6) is 11.5 Å². The number of rotatable bonds is 6. The van der Waals surface area contributed by atoms with Crippen LogP contribution in [0.25, 0.3) is 11.0 Å².